The van der Waals surface area contributed by atoms with Crippen LogP contribution in [0.25, 0.3) is 0 Å². The van der Waals surface area contributed by atoms with Crippen molar-refractivity contribution in [3.05, 3.63) is 23.3 Å². The smallest absolute Gasteiger partial charge is 0.124 e. The molecular weight excluding hydrogens is 226 g/mol. The summed E-state index contributed by atoms with van der Waals surface area (Å²) in [5.74, 6) is 0.959. The number of rotatable bonds is 5. The lowest BCUT2D eigenvalue weighted by molar-refractivity contribution is 0.0576. The molecule has 0 aliphatic heterocycles. The van der Waals surface area contributed by atoms with Crippen LogP contribution in [0, 0.1) is 19.3 Å². The fourth-order valence-electron chi connectivity index (χ4n) is 2.73. The van der Waals surface area contributed by atoms with Gasteiger partial charge < -0.3 is 15.2 Å². The topological polar surface area (TPSA) is 41.5 Å². The Balaban J connectivity index is 2.06. The lowest BCUT2D eigenvalue weighted by atomic mass is 9.69. The van der Waals surface area contributed by atoms with E-state index < -0.39 is 0 Å². The molecule has 1 aliphatic carbocycles. The molecule has 0 atom stereocenters. The Morgan fingerprint density at radius 2 is 1.89 bits per heavy atom. The lowest BCUT2D eigenvalue weighted by Gasteiger charge is -2.40. The summed E-state index contributed by atoms with van der Waals surface area (Å²) in [6.45, 7) is 5.26. The number of ether oxygens (including phenoxy) is 1. The molecule has 2 rings (SSSR count). The third-order valence-electron chi connectivity index (χ3n) is 4.08. The minimum Gasteiger partial charge on any atom is -0.496 e. The molecule has 0 heterocycles. The number of methoxy groups -OCH3 is 1. The number of aliphatic hydroxyl groups excluding tert-OH is 1. The van der Waals surface area contributed by atoms with E-state index in [1.54, 1.807) is 7.11 Å². The largest absolute Gasteiger partial charge is 0.496 e. The minimum atomic E-state index is 0.113. The van der Waals surface area contributed by atoms with Crippen molar-refractivity contribution in [2.24, 2.45) is 5.41 Å². The van der Waals surface area contributed by atoms with E-state index in [9.17, 15) is 5.11 Å². The average molecular weight is 249 g/mol. The summed E-state index contributed by atoms with van der Waals surface area (Å²) >= 11 is 0. The van der Waals surface area contributed by atoms with Crippen LogP contribution in [0.4, 0.5) is 5.69 Å². The van der Waals surface area contributed by atoms with Crippen molar-refractivity contribution >= 4 is 5.69 Å². The van der Waals surface area contributed by atoms with Crippen LogP contribution in [-0.4, -0.2) is 25.4 Å². The number of aryl methyl sites for hydroxylation is 2. The van der Waals surface area contributed by atoms with Crippen LogP contribution in [0.1, 0.15) is 30.4 Å². The number of aliphatic hydroxyl groups is 1. The van der Waals surface area contributed by atoms with Gasteiger partial charge in [-0.1, -0.05) is 6.42 Å². The van der Waals surface area contributed by atoms with Crippen LogP contribution in [0.2, 0.25) is 0 Å². The van der Waals surface area contributed by atoms with Gasteiger partial charge in [-0.25, -0.2) is 0 Å². The van der Waals surface area contributed by atoms with Gasteiger partial charge in [0.05, 0.1) is 13.7 Å². The van der Waals surface area contributed by atoms with Gasteiger partial charge in [-0.2, -0.15) is 0 Å². The molecule has 2 N–H and O–H groups in total. The Hall–Kier alpha value is -1.22. The van der Waals surface area contributed by atoms with E-state index in [4.69, 9.17) is 4.74 Å². The highest BCUT2D eigenvalue weighted by molar-refractivity contribution is 5.55. The van der Waals surface area contributed by atoms with Crippen LogP contribution in [0.5, 0.6) is 5.75 Å². The summed E-state index contributed by atoms with van der Waals surface area (Å²) in [5.41, 5.74) is 3.52. The summed E-state index contributed by atoms with van der Waals surface area (Å²) in [5, 5.41) is 12.9. The highest BCUT2D eigenvalue weighted by atomic mass is 16.5. The zero-order chi connectivity index (χ0) is 13.2. The molecule has 0 radical (unpaired) electrons. The van der Waals surface area contributed by atoms with E-state index in [2.05, 4.69) is 31.3 Å². The van der Waals surface area contributed by atoms with Gasteiger partial charge in [-0.3, -0.25) is 0 Å². The van der Waals surface area contributed by atoms with Gasteiger partial charge in [0.15, 0.2) is 0 Å². The first-order valence-corrected chi connectivity index (χ1v) is 6.60. The van der Waals surface area contributed by atoms with Crippen molar-refractivity contribution in [2.45, 2.75) is 33.1 Å². The molecule has 0 aromatic heterocycles. The number of hydrogen-bond donors (Lipinski definition) is 2. The second kappa shape index (κ2) is 5.19. The van der Waals surface area contributed by atoms with E-state index in [0.717, 1.165) is 42.0 Å². The zero-order valence-electron chi connectivity index (χ0n) is 11.5. The van der Waals surface area contributed by atoms with Crippen LogP contribution >= 0.6 is 0 Å². The summed E-state index contributed by atoms with van der Waals surface area (Å²) in [4.78, 5) is 0. The van der Waals surface area contributed by atoms with Gasteiger partial charge in [-0.15, -0.1) is 0 Å². The molecule has 18 heavy (non-hydrogen) atoms. The van der Waals surface area contributed by atoms with E-state index in [-0.39, 0.29) is 12.0 Å². The molecule has 1 aliphatic rings. The van der Waals surface area contributed by atoms with Crippen LogP contribution < -0.4 is 10.1 Å². The van der Waals surface area contributed by atoms with Gasteiger partial charge in [0.1, 0.15) is 5.75 Å². The number of anilines is 1. The summed E-state index contributed by atoms with van der Waals surface area (Å²) in [6.07, 6.45) is 3.50. The van der Waals surface area contributed by atoms with E-state index in [1.807, 2.05) is 0 Å². The molecule has 100 valence electrons. The number of benzene rings is 1. The zero-order valence-corrected chi connectivity index (χ0v) is 11.5. The third-order valence-corrected chi connectivity index (χ3v) is 4.08. The number of hydrogen-bond acceptors (Lipinski definition) is 3. The molecule has 0 amide bonds. The quantitative estimate of drug-likeness (QED) is 0.843. The maximum absolute atomic E-state index is 9.45. The van der Waals surface area contributed by atoms with Crippen molar-refractivity contribution in [1.82, 2.24) is 0 Å². The lowest BCUT2D eigenvalue weighted by Crippen LogP contribution is -2.39. The SMILES string of the molecule is COc1c(C)cc(NCC2(CO)CCC2)cc1C. The van der Waals surface area contributed by atoms with Crippen molar-refractivity contribution in [3.63, 3.8) is 0 Å². The van der Waals surface area contributed by atoms with E-state index in [0.29, 0.717) is 0 Å². The molecule has 1 aromatic rings. The minimum absolute atomic E-state index is 0.113. The molecular formula is C15H23NO2. The first kappa shape index (κ1) is 13.2. The van der Waals surface area contributed by atoms with Crippen LogP contribution in [-0.2, 0) is 0 Å². The molecule has 3 heteroatoms. The number of nitrogens with one attached hydrogen (secondary N) is 1. The molecule has 0 spiro atoms. The molecule has 0 unspecified atom stereocenters. The normalized spacial score (nSPS) is 17.1. The standard InChI is InChI=1S/C15H23NO2/c1-11-7-13(8-12(2)14(11)18-3)16-9-15(10-17)5-4-6-15/h7-8,16-17H,4-6,9-10H2,1-3H3. The second-order valence-electron chi connectivity index (χ2n) is 5.51. The maximum Gasteiger partial charge on any atom is 0.124 e. The van der Waals surface area contributed by atoms with Crippen molar-refractivity contribution in [2.75, 3.05) is 25.6 Å². The van der Waals surface area contributed by atoms with E-state index >= 15 is 0 Å². The third kappa shape index (κ3) is 2.46. The van der Waals surface area contributed by atoms with Gasteiger partial charge in [-0.05, 0) is 49.9 Å². The maximum atomic E-state index is 9.45. The average Bonchev–Trinajstić information content (AvgIpc) is 2.28. The summed E-state index contributed by atoms with van der Waals surface area (Å²) < 4.78 is 5.36. The second-order valence-corrected chi connectivity index (χ2v) is 5.51. The van der Waals surface area contributed by atoms with Gasteiger partial charge in [0.25, 0.3) is 0 Å². The van der Waals surface area contributed by atoms with Crippen molar-refractivity contribution in [3.8, 4) is 5.75 Å². The first-order chi connectivity index (χ1) is 8.60. The fraction of sp³-hybridized carbons (Fsp3) is 0.600. The monoisotopic (exact) mass is 249 g/mol. The van der Waals surface area contributed by atoms with Gasteiger partial charge in [0.2, 0.25) is 0 Å². The Kier molecular flexibility index (Phi) is 3.81. The molecule has 1 fully saturated rings. The highest BCUT2D eigenvalue weighted by Crippen LogP contribution is 2.40. The summed E-state index contributed by atoms with van der Waals surface area (Å²) in [7, 11) is 1.71. The van der Waals surface area contributed by atoms with Crippen LogP contribution in [0.15, 0.2) is 12.1 Å². The highest BCUT2D eigenvalue weighted by Gasteiger charge is 2.35. The molecule has 3 nitrogen and oxygen atoms in total. The molecule has 1 aromatic carbocycles. The molecule has 1 saturated carbocycles. The Labute approximate surface area is 109 Å². The Bertz CT molecular complexity index is 396. The fourth-order valence-corrected chi connectivity index (χ4v) is 2.73. The predicted molar refractivity (Wildman–Crippen MR) is 74.3 cm³/mol. The van der Waals surface area contributed by atoms with Crippen molar-refractivity contribution in [1.29, 1.82) is 0 Å². The Morgan fingerprint density at radius 3 is 2.28 bits per heavy atom. The molecule has 0 saturated heterocycles. The van der Waals surface area contributed by atoms with Gasteiger partial charge >= 0.3 is 0 Å². The van der Waals surface area contributed by atoms with E-state index in [1.165, 1.54) is 6.42 Å². The summed E-state index contributed by atoms with van der Waals surface area (Å²) in [6, 6.07) is 4.21. The first-order valence-electron chi connectivity index (χ1n) is 6.60. The molecule has 0 bridgehead atoms. The predicted octanol–water partition coefficient (Wildman–Crippen LogP) is 2.89. The Morgan fingerprint density at radius 1 is 1.28 bits per heavy atom. The van der Waals surface area contributed by atoms with Crippen LogP contribution in [0.3, 0.4) is 0 Å². The van der Waals surface area contributed by atoms with Gasteiger partial charge in [0, 0.05) is 17.6 Å². The van der Waals surface area contributed by atoms with Crippen molar-refractivity contribution < 1.29 is 9.84 Å².